The van der Waals surface area contributed by atoms with Crippen molar-refractivity contribution in [1.29, 1.82) is 0 Å². The van der Waals surface area contributed by atoms with Gasteiger partial charge in [-0.05, 0) is 51.0 Å². The maximum Gasteiger partial charge on any atom is 0.341 e. The number of hydrogen-bond acceptors (Lipinski definition) is 8. The molecule has 2 aliphatic rings. The van der Waals surface area contributed by atoms with Gasteiger partial charge in [0.15, 0.2) is 5.16 Å². The number of anilines is 1. The van der Waals surface area contributed by atoms with Gasteiger partial charge in [-0.15, -0.1) is 21.5 Å². The van der Waals surface area contributed by atoms with Crippen LogP contribution in [-0.2, 0) is 40.1 Å². The Morgan fingerprint density at radius 2 is 2.09 bits per heavy atom. The van der Waals surface area contributed by atoms with E-state index < -0.39 is 0 Å². The average Bonchev–Trinajstić information content (AvgIpc) is 3.51. The number of thioether (sulfide) groups is 1. The molecule has 2 aromatic heterocycles. The fourth-order valence-corrected chi connectivity index (χ4v) is 6.29. The van der Waals surface area contributed by atoms with E-state index in [4.69, 9.17) is 9.47 Å². The molecule has 1 N–H and O–H groups in total. The van der Waals surface area contributed by atoms with Crippen molar-refractivity contribution in [3.05, 3.63) is 21.8 Å². The summed E-state index contributed by atoms with van der Waals surface area (Å²) < 4.78 is 13.1. The molecular formula is C22H30N4O4S2. The first-order valence-electron chi connectivity index (χ1n) is 11.4. The lowest BCUT2D eigenvalue weighted by Gasteiger charge is -2.14. The number of hydrogen-bond donors (Lipinski definition) is 1. The molecule has 32 heavy (non-hydrogen) atoms. The van der Waals surface area contributed by atoms with Gasteiger partial charge in [-0.25, -0.2) is 4.79 Å². The van der Waals surface area contributed by atoms with Crippen LogP contribution in [0, 0.1) is 0 Å². The van der Waals surface area contributed by atoms with Crippen molar-refractivity contribution in [2.24, 2.45) is 0 Å². The van der Waals surface area contributed by atoms with Crippen LogP contribution in [0.15, 0.2) is 5.16 Å². The van der Waals surface area contributed by atoms with Crippen LogP contribution in [0.4, 0.5) is 5.00 Å². The summed E-state index contributed by atoms with van der Waals surface area (Å²) in [5.74, 6) is 0.583. The molecule has 3 heterocycles. The monoisotopic (exact) mass is 478 g/mol. The van der Waals surface area contributed by atoms with Crippen molar-refractivity contribution in [2.75, 3.05) is 24.3 Å². The Labute approximate surface area is 196 Å². The van der Waals surface area contributed by atoms with Crippen LogP contribution in [-0.4, -0.2) is 51.7 Å². The maximum absolute atomic E-state index is 12.8. The molecule has 1 aliphatic carbocycles. The van der Waals surface area contributed by atoms with E-state index >= 15 is 0 Å². The Morgan fingerprint density at radius 3 is 2.84 bits per heavy atom. The number of fused-ring (bicyclic) bond motifs is 1. The molecule has 0 saturated carbocycles. The first-order valence-corrected chi connectivity index (χ1v) is 13.2. The van der Waals surface area contributed by atoms with E-state index in [9.17, 15) is 9.59 Å². The molecular weight excluding hydrogens is 448 g/mol. The largest absolute Gasteiger partial charge is 0.462 e. The van der Waals surface area contributed by atoms with Crippen molar-refractivity contribution in [1.82, 2.24) is 14.8 Å². The molecule has 4 rings (SSSR count). The topological polar surface area (TPSA) is 95.3 Å². The van der Waals surface area contributed by atoms with Crippen LogP contribution in [0.25, 0.3) is 0 Å². The number of amides is 1. The molecule has 0 spiro atoms. The second-order valence-electron chi connectivity index (χ2n) is 7.97. The Morgan fingerprint density at radius 1 is 1.25 bits per heavy atom. The predicted octanol–water partition coefficient (Wildman–Crippen LogP) is 3.87. The minimum atomic E-state index is -0.348. The van der Waals surface area contributed by atoms with Crippen LogP contribution >= 0.6 is 23.1 Å². The van der Waals surface area contributed by atoms with Gasteiger partial charge >= 0.3 is 5.97 Å². The number of esters is 1. The standard InChI is InChI=1S/C22H30N4O4S2/c1-3-17-24-25-22(26(17)12-14-8-7-11-30-14)31-13-18(27)23-20-19(21(28)29-4-2)15-9-5-6-10-16(15)32-20/h14H,3-13H2,1-2H3,(H,23,27). The van der Waals surface area contributed by atoms with Gasteiger partial charge in [0.25, 0.3) is 0 Å². The lowest BCUT2D eigenvalue weighted by molar-refractivity contribution is -0.113. The number of rotatable bonds is 9. The van der Waals surface area contributed by atoms with Gasteiger partial charge in [0.2, 0.25) is 5.91 Å². The maximum atomic E-state index is 12.8. The molecule has 1 saturated heterocycles. The van der Waals surface area contributed by atoms with E-state index in [1.54, 1.807) is 6.92 Å². The number of aryl methyl sites for hydroxylation is 2. The molecule has 8 nitrogen and oxygen atoms in total. The van der Waals surface area contributed by atoms with Crippen LogP contribution in [0.1, 0.15) is 66.2 Å². The Balaban J connectivity index is 1.44. The summed E-state index contributed by atoms with van der Waals surface area (Å²) in [5.41, 5.74) is 1.59. The predicted molar refractivity (Wildman–Crippen MR) is 125 cm³/mol. The zero-order valence-electron chi connectivity index (χ0n) is 18.6. The van der Waals surface area contributed by atoms with Gasteiger partial charge in [0, 0.05) is 17.9 Å². The SMILES string of the molecule is CCOC(=O)c1c(NC(=O)CSc2nnc(CC)n2CC2CCCO2)sc2c1CCCC2. The first-order chi connectivity index (χ1) is 15.6. The fraction of sp³-hybridized carbons (Fsp3) is 0.636. The summed E-state index contributed by atoms with van der Waals surface area (Å²) >= 11 is 2.87. The highest BCUT2D eigenvalue weighted by atomic mass is 32.2. The number of ether oxygens (including phenoxy) is 2. The Kier molecular flexibility index (Phi) is 7.85. The van der Waals surface area contributed by atoms with Crippen LogP contribution < -0.4 is 5.32 Å². The summed E-state index contributed by atoms with van der Waals surface area (Å²) in [5, 5.41) is 12.9. The summed E-state index contributed by atoms with van der Waals surface area (Å²) in [6.07, 6.45) is 7.03. The molecule has 10 heteroatoms. The number of carbonyl (C=O) groups is 2. The van der Waals surface area contributed by atoms with Gasteiger partial charge in [0.05, 0.1) is 30.6 Å². The molecule has 1 amide bonds. The lowest BCUT2D eigenvalue weighted by Crippen LogP contribution is -2.19. The summed E-state index contributed by atoms with van der Waals surface area (Å²) in [6, 6.07) is 0. The lowest BCUT2D eigenvalue weighted by atomic mass is 9.95. The smallest absolute Gasteiger partial charge is 0.341 e. The normalized spacial score (nSPS) is 17.9. The van der Waals surface area contributed by atoms with E-state index in [0.717, 1.165) is 68.1 Å². The zero-order chi connectivity index (χ0) is 22.5. The molecule has 0 aromatic carbocycles. The summed E-state index contributed by atoms with van der Waals surface area (Å²) in [4.78, 5) is 26.6. The molecule has 2 aromatic rings. The third kappa shape index (κ3) is 5.18. The summed E-state index contributed by atoms with van der Waals surface area (Å²) in [6.45, 7) is 5.67. The van der Waals surface area contributed by atoms with E-state index in [-0.39, 0.29) is 23.7 Å². The van der Waals surface area contributed by atoms with Gasteiger partial charge in [-0.3, -0.25) is 4.79 Å². The van der Waals surface area contributed by atoms with E-state index in [1.807, 2.05) is 6.92 Å². The molecule has 174 valence electrons. The number of thiophene rings is 1. The van der Waals surface area contributed by atoms with E-state index in [1.165, 1.54) is 28.0 Å². The van der Waals surface area contributed by atoms with Crippen molar-refractivity contribution >= 4 is 40.0 Å². The highest BCUT2D eigenvalue weighted by Gasteiger charge is 2.27. The van der Waals surface area contributed by atoms with Crippen molar-refractivity contribution in [3.8, 4) is 0 Å². The zero-order valence-corrected chi connectivity index (χ0v) is 20.3. The molecule has 1 aliphatic heterocycles. The Hall–Kier alpha value is -1.91. The van der Waals surface area contributed by atoms with Gasteiger partial charge < -0.3 is 19.4 Å². The quantitative estimate of drug-likeness (QED) is 0.432. The minimum Gasteiger partial charge on any atom is -0.462 e. The van der Waals surface area contributed by atoms with Gasteiger partial charge in [-0.2, -0.15) is 0 Å². The van der Waals surface area contributed by atoms with Crippen molar-refractivity contribution < 1.29 is 19.1 Å². The highest BCUT2D eigenvalue weighted by molar-refractivity contribution is 7.99. The first kappa shape index (κ1) is 23.3. The minimum absolute atomic E-state index is 0.163. The molecule has 0 bridgehead atoms. The third-order valence-electron chi connectivity index (χ3n) is 5.76. The van der Waals surface area contributed by atoms with Crippen LogP contribution in [0.5, 0.6) is 0 Å². The number of aromatic nitrogens is 3. The number of carbonyl (C=O) groups excluding carboxylic acids is 2. The van der Waals surface area contributed by atoms with E-state index in [2.05, 4.69) is 20.1 Å². The number of nitrogens with zero attached hydrogens (tertiary/aromatic N) is 3. The van der Waals surface area contributed by atoms with Crippen LogP contribution in [0.2, 0.25) is 0 Å². The summed E-state index contributed by atoms with van der Waals surface area (Å²) in [7, 11) is 0. The van der Waals surface area contributed by atoms with E-state index in [0.29, 0.717) is 23.7 Å². The second-order valence-corrected chi connectivity index (χ2v) is 10.0. The second kappa shape index (κ2) is 10.8. The molecule has 1 fully saturated rings. The van der Waals surface area contributed by atoms with Crippen molar-refractivity contribution in [3.63, 3.8) is 0 Å². The fourth-order valence-electron chi connectivity index (χ4n) is 4.23. The van der Waals surface area contributed by atoms with Crippen molar-refractivity contribution in [2.45, 2.75) is 76.6 Å². The molecule has 0 radical (unpaired) electrons. The molecule has 1 unspecified atom stereocenters. The molecule has 1 atom stereocenters. The van der Waals surface area contributed by atoms with Gasteiger partial charge in [0.1, 0.15) is 10.8 Å². The Bertz CT molecular complexity index is 966. The highest BCUT2D eigenvalue weighted by Crippen LogP contribution is 2.38. The third-order valence-corrected chi connectivity index (χ3v) is 7.93. The average molecular weight is 479 g/mol. The number of nitrogens with one attached hydrogen (secondary N) is 1. The van der Waals surface area contributed by atoms with Crippen LogP contribution in [0.3, 0.4) is 0 Å². The van der Waals surface area contributed by atoms with Gasteiger partial charge in [-0.1, -0.05) is 18.7 Å².